The highest BCUT2D eigenvalue weighted by Crippen LogP contribution is 2.35. The molecule has 0 saturated carbocycles. The largest absolute Gasteiger partial charge is 0.417 e. The minimum absolute atomic E-state index is 0.263. The van der Waals surface area contributed by atoms with Crippen LogP contribution in [0.25, 0.3) is 6.08 Å². The van der Waals surface area contributed by atoms with E-state index in [0.717, 1.165) is 37.9 Å². The van der Waals surface area contributed by atoms with Crippen molar-refractivity contribution < 1.29 is 18.0 Å². The number of rotatable bonds is 4. The van der Waals surface area contributed by atoms with Crippen molar-refractivity contribution in [3.05, 3.63) is 70.3 Å². The molecule has 1 saturated heterocycles. The summed E-state index contributed by atoms with van der Waals surface area (Å²) in [7, 11) is 2.09. The minimum atomic E-state index is -4.54. The van der Waals surface area contributed by atoms with E-state index in [-0.39, 0.29) is 16.4 Å². The summed E-state index contributed by atoms with van der Waals surface area (Å²) in [5.74, 6) is -0.270. The van der Waals surface area contributed by atoms with E-state index >= 15 is 0 Å². The second kappa shape index (κ2) is 8.37. The molecule has 0 amide bonds. The molecular formula is C21H20ClF3N2O. The highest BCUT2D eigenvalue weighted by Gasteiger charge is 2.33. The van der Waals surface area contributed by atoms with Crippen molar-refractivity contribution in [1.29, 1.82) is 0 Å². The van der Waals surface area contributed by atoms with Crippen molar-refractivity contribution in [2.45, 2.75) is 6.18 Å². The molecule has 148 valence electrons. The predicted octanol–water partition coefficient (Wildman–Crippen LogP) is 5.01. The van der Waals surface area contributed by atoms with Gasteiger partial charge in [-0.3, -0.25) is 4.79 Å². The number of halogens is 4. The summed E-state index contributed by atoms with van der Waals surface area (Å²) in [6.07, 6.45) is -1.90. The van der Waals surface area contributed by atoms with Crippen LogP contribution in [0.5, 0.6) is 0 Å². The van der Waals surface area contributed by atoms with Gasteiger partial charge < -0.3 is 9.80 Å². The SMILES string of the molecule is CN1CCN(c2ccc(C(=O)/C=C/c3ccc(Cl)c(C(F)(F)F)c3)cc2)CC1. The van der Waals surface area contributed by atoms with Gasteiger partial charge >= 0.3 is 6.18 Å². The maximum absolute atomic E-state index is 12.9. The van der Waals surface area contributed by atoms with Crippen molar-refractivity contribution in [2.24, 2.45) is 0 Å². The molecule has 0 N–H and O–H groups in total. The van der Waals surface area contributed by atoms with Crippen LogP contribution in [0, 0.1) is 0 Å². The van der Waals surface area contributed by atoms with Crippen molar-refractivity contribution in [3.63, 3.8) is 0 Å². The van der Waals surface area contributed by atoms with E-state index in [0.29, 0.717) is 5.56 Å². The summed E-state index contributed by atoms with van der Waals surface area (Å²) in [5, 5.41) is -0.365. The van der Waals surface area contributed by atoms with E-state index in [1.807, 2.05) is 12.1 Å². The molecule has 0 atom stereocenters. The van der Waals surface area contributed by atoms with Gasteiger partial charge in [-0.15, -0.1) is 0 Å². The molecule has 3 rings (SSSR count). The maximum atomic E-state index is 12.9. The van der Waals surface area contributed by atoms with Gasteiger partial charge in [0.1, 0.15) is 0 Å². The molecule has 0 spiro atoms. The Labute approximate surface area is 167 Å². The lowest BCUT2D eigenvalue weighted by Crippen LogP contribution is -2.44. The minimum Gasteiger partial charge on any atom is -0.369 e. The quantitative estimate of drug-likeness (QED) is 0.525. The molecule has 7 heteroatoms. The first-order valence-electron chi connectivity index (χ1n) is 8.87. The fourth-order valence-corrected chi connectivity index (χ4v) is 3.26. The summed E-state index contributed by atoms with van der Waals surface area (Å²) in [5.41, 5.74) is 0.889. The van der Waals surface area contributed by atoms with Crippen LogP contribution in [0.15, 0.2) is 48.5 Å². The fraction of sp³-hybridized carbons (Fsp3) is 0.286. The van der Waals surface area contributed by atoms with E-state index < -0.39 is 11.7 Å². The number of anilines is 1. The van der Waals surface area contributed by atoms with E-state index in [2.05, 4.69) is 16.8 Å². The Morgan fingerprint density at radius 2 is 1.68 bits per heavy atom. The number of hydrogen-bond acceptors (Lipinski definition) is 3. The van der Waals surface area contributed by atoms with Crippen LogP contribution in [-0.4, -0.2) is 43.9 Å². The Morgan fingerprint density at radius 1 is 1.04 bits per heavy atom. The van der Waals surface area contributed by atoms with E-state index in [9.17, 15) is 18.0 Å². The summed E-state index contributed by atoms with van der Waals surface area (Å²) in [6.45, 7) is 3.85. The molecular weight excluding hydrogens is 389 g/mol. The van der Waals surface area contributed by atoms with Crippen LogP contribution in [0.3, 0.4) is 0 Å². The lowest BCUT2D eigenvalue weighted by molar-refractivity contribution is -0.137. The first-order valence-corrected chi connectivity index (χ1v) is 9.24. The Hall–Kier alpha value is -2.31. The summed E-state index contributed by atoms with van der Waals surface area (Å²) < 4.78 is 38.8. The van der Waals surface area contributed by atoms with Crippen molar-refractivity contribution >= 4 is 29.1 Å². The average Bonchev–Trinajstić information content (AvgIpc) is 2.67. The Kier molecular flexibility index (Phi) is 6.10. The Bertz CT molecular complexity index is 870. The van der Waals surface area contributed by atoms with Gasteiger partial charge in [0.25, 0.3) is 0 Å². The molecule has 2 aromatic carbocycles. The molecule has 1 aliphatic rings. The number of carbonyl (C=O) groups excluding carboxylic acids is 1. The molecule has 0 aromatic heterocycles. The van der Waals surface area contributed by atoms with Crippen LogP contribution < -0.4 is 4.90 Å². The number of alkyl halides is 3. The first kappa shape index (κ1) is 20.4. The van der Waals surface area contributed by atoms with Crippen molar-refractivity contribution in [2.75, 3.05) is 38.1 Å². The molecule has 3 nitrogen and oxygen atoms in total. The number of allylic oxidation sites excluding steroid dienone is 1. The zero-order valence-electron chi connectivity index (χ0n) is 15.3. The van der Waals surface area contributed by atoms with Crippen LogP contribution in [0.2, 0.25) is 5.02 Å². The number of nitrogens with zero attached hydrogens (tertiary/aromatic N) is 2. The van der Waals surface area contributed by atoms with Gasteiger partial charge in [0.05, 0.1) is 10.6 Å². The van der Waals surface area contributed by atoms with E-state index in [4.69, 9.17) is 11.6 Å². The highest BCUT2D eigenvalue weighted by atomic mass is 35.5. The zero-order valence-corrected chi connectivity index (χ0v) is 16.1. The molecule has 1 fully saturated rings. The van der Waals surface area contributed by atoms with Crippen LogP contribution in [0.1, 0.15) is 21.5 Å². The molecule has 0 unspecified atom stereocenters. The highest BCUT2D eigenvalue weighted by molar-refractivity contribution is 6.31. The monoisotopic (exact) mass is 408 g/mol. The summed E-state index contributed by atoms with van der Waals surface area (Å²) >= 11 is 5.61. The molecule has 0 radical (unpaired) electrons. The third kappa shape index (κ3) is 4.94. The maximum Gasteiger partial charge on any atom is 0.417 e. The van der Waals surface area contributed by atoms with Gasteiger partial charge in [0.15, 0.2) is 5.78 Å². The predicted molar refractivity (Wildman–Crippen MR) is 106 cm³/mol. The van der Waals surface area contributed by atoms with Gasteiger partial charge in [-0.2, -0.15) is 13.2 Å². The molecule has 1 heterocycles. The summed E-state index contributed by atoms with van der Waals surface area (Å²) in [4.78, 5) is 16.9. The number of piperazine rings is 1. The molecule has 28 heavy (non-hydrogen) atoms. The molecule has 1 aliphatic heterocycles. The second-order valence-electron chi connectivity index (χ2n) is 6.77. The van der Waals surface area contributed by atoms with Gasteiger partial charge in [0.2, 0.25) is 0 Å². The molecule has 0 bridgehead atoms. The van der Waals surface area contributed by atoms with Gasteiger partial charge in [-0.05, 0) is 55.1 Å². The number of carbonyl (C=O) groups is 1. The lowest BCUT2D eigenvalue weighted by Gasteiger charge is -2.34. The number of ketones is 1. The van der Waals surface area contributed by atoms with Gasteiger partial charge in [0, 0.05) is 37.4 Å². The molecule has 0 aliphatic carbocycles. The number of likely N-dealkylation sites (N-methyl/N-ethyl adjacent to an activating group) is 1. The van der Waals surface area contributed by atoms with E-state index in [1.165, 1.54) is 24.3 Å². The van der Waals surface area contributed by atoms with E-state index in [1.54, 1.807) is 12.1 Å². The standard InChI is InChI=1S/C21H20ClF3N2O/c1-26-10-12-27(13-11-26)17-6-4-16(5-7-17)20(28)9-3-15-2-8-19(22)18(14-15)21(23,24)25/h2-9,14H,10-13H2,1H3/b9-3+. The van der Waals surface area contributed by atoms with Crippen LogP contribution >= 0.6 is 11.6 Å². The van der Waals surface area contributed by atoms with Crippen molar-refractivity contribution in [3.8, 4) is 0 Å². The topological polar surface area (TPSA) is 23.6 Å². The normalized spacial score (nSPS) is 16.0. The van der Waals surface area contributed by atoms with Crippen molar-refractivity contribution in [1.82, 2.24) is 4.90 Å². The third-order valence-electron chi connectivity index (χ3n) is 4.74. The van der Waals surface area contributed by atoms with Crippen LogP contribution in [-0.2, 0) is 6.18 Å². The Morgan fingerprint density at radius 3 is 2.29 bits per heavy atom. The van der Waals surface area contributed by atoms with Gasteiger partial charge in [-0.1, -0.05) is 23.7 Å². The second-order valence-corrected chi connectivity index (χ2v) is 7.18. The summed E-state index contributed by atoms with van der Waals surface area (Å²) in [6, 6.07) is 10.8. The average molecular weight is 409 g/mol. The fourth-order valence-electron chi connectivity index (χ4n) is 3.03. The smallest absolute Gasteiger partial charge is 0.369 e. The Balaban J connectivity index is 1.69. The number of hydrogen-bond donors (Lipinski definition) is 0. The third-order valence-corrected chi connectivity index (χ3v) is 5.07. The van der Waals surface area contributed by atoms with Crippen LogP contribution in [0.4, 0.5) is 18.9 Å². The van der Waals surface area contributed by atoms with Gasteiger partial charge in [-0.25, -0.2) is 0 Å². The lowest BCUT2D eigenvalue weighted by atomic mass is 10.1. The number of benzene rings is 2. The first-order chi connectivity index (χ1) is 13.2. The molecule has 2 aromatic rings. The zero-order chi connectivity index (χ0) is 20.3.